The number of nitrogens with zero attached hydrogens (tertiary/aromatic N) is 4. The fourth-order valence-electron chi connectivity index (χ4n) is 2.24. The number of amides is 1. The second-order valence-corrected chi connectivity index (χ2v) is 5.64. The Morgan fingerprint density at radius 2 is 2.08 bits per heavy atom. The Morgan fingerprint density at radius 1 is 1.38 bits per heavy atom. The molecule has 2 heterocycles. The molecule has 0 saturated carbocycles. The molecule has 0 bridgehead atoms. The van der Waals surface area contributed by atoms with Gasteiger partial charge in [0.05, 0.1) is 35.8 Å². The zero-order valence-electron chi connectivity index (χ0n) is 14.1. The number of hydrogen-bond acceptors (Lipinski definition) is 5. The van der Waals surface area contributed by atoms with Crippen molar-refractivity contribution in [2.24, 2.45) is 7.05 Å². The zero-order valence-corrected chi connectivity index (χ0v) is 14.8. The van der Waals surface area contributed by atoms with E-state index in [2.05, 4.69) is 15.5 Å². The number of carbonyl (C=O) groups excluding carboxylic acids is 2. The minimum atomic E-state index is -0.522. The Balaban J connectivity index is 2.04. The van der Waals surface area contributed by atoms with Crippen molar-refractivity contribution in [3.8, 4) is 0 Å². The van der Waals surface area contributed by atoms with Crippen LogP contribution in [0.1, 0.15) is 35.1 Å². The first-order chi connectivity index (χ1) is 11.3. The molecule has 9 heteroatoms. The van der Waals surface area contributed by atoms with Gasteiger partial charge in [-0.25, -0.2) is 4.79 Å². The number of halogens is 1. The third kappa shape index (κ3) is 3.76. The average molecular weight is 354 g/mol. The first kappa shape index (κ1) is 18.0. The van der Waals surface area contributed by atoms with Gasteiger partial charge in [0.15, 0.2) is 0 Å². The lowest BCUT2D eigenvalue weighted by molar-refractivity contribution is -0.116. The minimum Gasteiger partial charge on any atom is -0.462 e. The van der Waals surface area contributed by atoms with Gasteiger partial charge in [-0.3, -0.25) is 14.2 Å². The highest BCUT2D eigenvalue weighted by molar-refractivity contribution is 6.31. The summed E-state index contributed by atoms with van der Waals surface area (Å²) in [6.45, 7) is 6.01. The summed E-state index contributed by atoms with van der Waals surface area (Å²) in [5.74, 6) is -0.469. The molecular formula is C15H20ClN5O3. The predicted octanol–water partition coefficient (Wildman–Crippen LogP) is 2.09. The van der Waals surface area contributed by atoms with Crippen molar-refractivity contribution >= 4 is 29.3 Å². The molecule has 2 aromatic rings. The molecule has 0 saturated heterocycles. The summed E-state index contributed by atoms with van der Waals surface area (Å²) in [6, 6.07) is 0. The van der Waals surface area contributed by atoms with Crippen LogP contribution in [0.3, 0.4) is 0 Å². The van der Waals surface area contributed by atoms with Crippen LogP contribution in [0.2, 0.25) is 5.02 Å². The second kappa shape index (κ2) is 7.48. The van der Waals surface area contributed by atoms with Crippen LogP contribution in [0.4, 0.5) is 5.82 Å². The molecule has 0 unspecified atom stereocenters. The van der Waals surface area contributed by atoms with E-state index >= 15 is 0 Å². The van der Waals surface area contributed by atoms with Crippen molar-refractivity contribution in [1.82, 2.24) is 19.6 Å². The molecule has 8 nitrogen and oxygen atoms in total. The molecule has 1 amide bonds. The Morgan fingerprint density at radius 3 is 2.67 bits per heavy atom. The van der Waals surface area contributed by atoms with Gasteiger partial charge in [0.2, 0.25) is 5.91 Å². The number of hydrogen-bond donors (Lipinski definition) is 1. The monoisotopic (exact) mass is 353 g/mol. The van der Waals surface area contributed by atoms with Crippen LogP contribution in [0.5, 0.6) is 0 Å². The van der Waals surface area contributed by atoms with Gasteiger partial charge in [-0.15, -0.1) is 0 Å². The Kier molecular flexibility index (Phi) is 5.61. The quantitative estimate of drug-likeness (QED) is 0.803. The standard InChI is InChI=1S/C15H20ClN5O3/c1-5-24-15(23)11-8-17-20(4)14(11)18-12(22)6-7-21-10(3)13(16)9(2)19-21/h8H,5-7H2,1-4H3,(H,18,22). The van der Waals surface area contributed by atoms with E-state index in [0.717, 1.165) is 11.4 Å². The minimum absolute atomic E-state index is 0.186. The fraction of sp³-hybridized carbons (Fsp3) is 0.467. The largest absolute Gasteiger partial charge is 0.462 e. The van der Waals surface area contributed by atoms with Gasteiger partial charge in [-0.05, 0) is 20.8 Å². The number of nitrogens with one attached hydrogen (secondary N) is 1. The van der Waals surface area contributed by atoms with E-state index in [1.54, 1.807) is 18.7 Å². The lowest BCUT2D eigenvalue weighted by Gasteiger charge is -2.09. The highest BCUT2D eigenvalue weighted by atomic mass is 35.5. The molecule has 0 radical (unpaired) electrons. The third-order valence-electron chi connectivity index (χ3n) is 3.54. The van der Waals surface area contributed by atoms with Crippen molar-refractivity contribution < 1.29 is 14.3 Å². The molecule has 2 rings (SSSR count). The number of carbonyl (C=O) groups is 2. The lowest BCUT2D eigenvalue weighted by atomic mass is 10.3. The molecule has 1 N–H and O–H groups in total. The molecule has 0 fully saturated rings. The summed E-state index contributed by atoms with van der Waals surface area (Å²) in [7, 11) is 1.64. The number of esters is 1. The van der Waals surface area contributed by atoms with E-state index in [1.807, 2.05) is 13.8 Å². The van der Waals surface area contributed by atoms with E-state index in [4.69, 9.17) is 16.3 Å². The van der Waals surface area contributed by atoms with Gasteiger partial charge in [-0.1, -0.05) is 11.6 Å². The van der Waals surface area contributed by atoms with Crippen LogP contribution in [-0.4, -0.2) is 38.0 Å². The van der Waals surface area contributed by atoms with Crippen molar-refractivity contribution in [3.63, 3.8) is 0 Å². The number of aromatic nitrogens is 4. The SMILES string of the molecule is CCOC(=O)c1cnn(C)c1NC(=O)CCn1nc(C)c(Cl)c1C. The van der Waals surface area contributed by atoms with Gasteiger partial charge in [0, 0.05) is 13.5 Å². The molecule has 2 aromatic heterocycles. The van der Waals surface area contributed by atoms with E-state index in [1.165, 1.54) is 10.9 Å². The zero-order chi connectivity index (χ0) is 17.9. The van der Waals surface area contributed by atoms with Crippen molar-refractivity contribution in [2.45, 2.75) is 33.7 Å². The fourth-order valence-corrected chi connectivity index (χ4v) is 2.37. The number of rotatable bonds is 6. The molecule has 0 aromatic carbocycles. The molecular weight excluding hydrogens is 334 g/mol. The van der Waals surface area contributed by atoms with Gasteiger partial charge in [0.25, 0.3) is 0 Å². The van der Waals surface area contributed by atoms with Crippen LogP contribution in [0, 0.1) is 13.8 Å². The molecule has 0 aliphatic heterocycles. The normalized spacial score (nSPS) is 10.7. The molecule has 24 heavy (non-hydrogen) atoms. The van der Waals surface area contributed by atoms with Crippen LogP contribution in [0.15, 0.2) is 6.20 Å². The highest BCUT2D eigenvalue weighted by Crippen LogP contribution is 2.19. The highest BCUT2D eigenvalue weighted by Gasteiger charge is 2.19. The summed E-state index contributed by atoms with van der Waals surface area (Å²) in [5.41, 5.74) is 1.77. The van der Waals surface area contributed by atoms with Crippen molar-refractivity contribution in [1.29, 1.82) is 0 Å². The van der Waals surface area contributed by atoms with Crippen LogP contribution in [0.25, 0.3) is 0 Å². The summed E-state index contributed by atoms with van der Waals surface area (Å²) in [6.07, 6.45) is 1.56. The van der Waals surface area contributed by atoms with Gasteiger partial charge < -0.3 is 10.1 Å². The second-order valence-electron chi connectivity index (χ2n) is 5.26. The maximum atomic E-state index is 12.2. The van der Waals surface area contributed by atoms with E-state index in [9.17, 15) is 9.59 Å². The van der Waals surface area contributed by atoms with E-state index in [-0.39, 0.29) is 24.5 Å². The number of anilines is 1. The smallest absolute Gasteiger partial charge is 0.343 e. The molecule has 0 aliphatic carbocycles. The molecule has 0 spiro atoms. The van der Waals surface area contributed by atoms with E-state index < -0.39 is 5.97 Å². The van der Waals surface area contributed by atoms with Gasteiger partial charge >= 0.3 is 5.97 Å². The summed E-state index contributed by atoms with van der Waals surface area (Å²) >= 11 is 6.09. The topological polar surface area (TPSA) is 91.0 Å². The van der Waals surface area contributed by atoms with Crippen molar-refractivity contribution in [3.05, 3.63) is 28.2 Å². The van der Waals surface area contributed by atoms with Crippen LogP contribution in [-0.2, 0) is 23.1 Å². The lowest BCUT2D eigenvalue weighted by Crippen LogP contribution is -2.19. The molecule has 0 atom stereocenters. The van der Waals surface area contributed by atoms with Crippen molar-refractivity contribution in [2.75, 3.05) is 11.9 Å². The number of ether oxygens (including phenoxy) is 1. The predicted molar refractivity (Wildman–Crippen MR) is 89.1 cm³/mol. The first-order valence-electron chi connectivity index (χ1n) is 7.53. The third-order valence-corrected chi connectivity index (χ3v) is 4.08. The maximum Gasteiger partial charge on any atom is 0.343 e. The Bertz CT molecular complexity index is 765. The molecule has 0 aliphatic rings. The Hall–Kier alpha value is -2.35. The van der Waals surface area contributed by atoms with Crippen LogP contribution < -0.4 is 5.32 Å². The summed E-state index contributed by atoms with van der Waals surface area (Å²) in [5, 5.41) is 11.6. The summed E-state index contributed by atoms with van der Waals surface area (Å²) < 4.78 is 8.06. The van der Waals surface area contributed by atoms with E-state index in [0.29, 0.717) is 17.4 Å². The van der Waals surface area contributed by atoms with Gasteiger partial charge in [0.1, 0.15) is 11.4 Å². The average Bonchev–Trinajstić information content (AvgIpc) is 3.01. The first-order valence-corrected chi connectivity index (χ1v) is 7.91. The molecule has 130 valence electrons. The van der Waals surface area contributed by atoms with Gasteiger partial charge in [-0.2, -0.15) is 10.2 Å². The Labute approximate surface area is 144 Å². The number of aryl methyl sites for hydroxylation is 3. The van der Waals surface area contributed by atoms with Crippen LogP contribution >= 0.6 is 11.6 Å². The maximum absolute atomic E-state index is 12.2. The summed E-state index contributed by atoms with van der Waals surface area (Å²) in [4.78, 5) is 24.1.